The van der Waals surface area contributed by atoms with Crippen LogP contribution < -0.4 is 4.09 Å². The van der Waals surface area contributed by atoms with E-state index in [1.54, 1.807) is 0 Å². The van der Waals surface area contributed by atoms with Gasteiger partial charge >= 0.3 is 0 Å². The van der Waals surface area contributed by atoms with Crippen molar-refractivity contribution < 1.29 is 4.09 Å². The second-order valence-electron chi connectivity index (χ2n) is 0.876. The number of hydrogen-bond acceptors (Lipinski definition) is 4. The van der Waals surface area contributed by atoms with E-state index in [1.165, 1.54) is 10.4 Å². The SMILES string of the molecule is [S-]n1nnc[n+]1[S-]. The maximum Gasteiger partial charge on any atom is 0.269 e. The average Bonchev–Trinajstić information content (AvgIpc) is 1.91. The van der Waals surface area contributed by atoms with Gasteiger partial charge in [-0.15, -0.1) is 0 Å². The lowest BCUT2D eigenvalue weighted by Crippen LogP contribution is -2.34. The van der Waals surface area contributed by atoms with Crippen LogP contribution in [0.3, 0.4) is 0 Å². The molecule has 4 nitrogen and oxygen atoms in total. The summed E-state index contributed by atoms with van der Waals surface area (Å²) in [4.78, 5) is 0. The molecule has 0 saturated heterocycles. The summed E-state index contributed by atoms with van der Waals surface area (Å²) >= 11 is 9.03. The summed E-state index contributed by atoms with van der Waals surface area (Å²) in [6, 6.07) is 0. The van der Waals surface area contributed by atoms with E-state index < -0.39 is 0 Å². The van der Waals surface area contributed by atoms with Crippen molar-refractivity contribution in [1.29, 1.82) is 0 Å². The number of tetrazole rings is 1. The third-order valence-corrected chi connectivity index (χ3v) is 1.05. The first kappa shape index (κ1) is 4.66. The van der Waals surface area contributed by atoms with Crippen LogP contribution in [0.1, 0.15) is 0 Å². The summed E-state index contributed by atoms with van der Waals surface area (Å²) in [6.07, 6.45) is 1.35. The van der Waals surface area contributed by atoms with Gasteiger partial charge < -0.3 is 25.6 Å². The fourth-order valence-electron chi connectivity index (χ4n) is 0.195. The van der Waals surface area contributed by atoms with Gasteiger partial charge in [0, 0.05) is 0 Å². The lowest BCUT2D eigenvalue weighted by atomic mass is 11.4. The molecule has 0 spiro atoms. The molecule has 7 heavy (non-hydrogen) atoms. The molecule has 0 aliphatic heterocycles. The predicted molar refractivity (Wildman–Crippen MR) is 25.7 cm³/mol. The molecule has 0 bridgehead atoms. The Morgan fingerprint density at radius 1 is 1.71 bits per heavy atom. The Kier molecular flexibility index (Phi) is 1.03. The Bertz CT molecular complexity index is 142. The summed E-state index contributed by atoms with van der Waals surface area (Å²) in [5.41, 5.74) is 0. The Morgan fingerprint density at radius 3 is 2.57 bits per heavy atom. The van der Waals surface area contributed by atoms with Crippen molar-refractivity contribution in [2.45, 2.75) is 0 Å². The van der Waals surface area contributed by atoms with E-state index in [4.69, 9.17) is 0 Å². The van der Waals surface area contributed by atoms with E-state index in [9.17, 15) is 0 Å². The van der Waals surface area contributed by atoms with Crippen LogP contribution in [-0.4, -0.2) is 14.5 Å². The molecule has 0 unspecified atom stereocenters. The number of rotatable bonds is 0. The van der Waals surface area contributed by atoms with Crippen LogP contribution in [0.15, 0.2) is 6.33 Å². The maximum atomic E-state index is 4.54. The summed E-state index contributed by atoms with van der Waals surface area (Å²) in [5.74, 6) is 0. The largest absolute Gasteiger partial charge is 0.612 e. The summed E-state index contributed by atoms with van der Waals surface area (Å²) in [6.45, 7) is 0. The van der Waals surface area contributed by atoms with Crippen molar-refractivity contribution in [3.63, 3.8) is 0 Å². The van der Waals surface area contributed by atoms with Gasteiger partial charge in [-0.1, -0.05) is 0 Å². The zero-order valence-corrected chi connectivity index (χ0v) is 4.82. The molecule has 0 fully saturated rings. The number of hydrogen-bond donors (Lipinski definition) is 0. The van der Waals surface area contributed by atoms with E-state index >= 15 is 0 Å². The Balaban J connectivity index is 3.12. The molecule has 0 N–H and O–H groups in total. The minimum Gasteiger partial charge on any atom is -0.612 e. The van der Waals surface area contributed by atoms with Gasteiger partial charge in [-0.3, -0.25) is 4.09 Å². The first-order valence-electron chi connectivity index (χ1n) is 1.48. The van der Waals surface area contributed by atoms with Gasteiger partial charge in [-0.05, 0) is 0 Å². The molecule has 0 atom stereocenters. The van der Waals surface area contributed by atoms with Crippen LogP contribution in [0.5, 0.6) is 0 Å². The summed E-state index contributed by atoms with van der Waals surface area (Å²) in [7, 11) is 0. The second-order valence-corrected chi connectivity index (χ2v) is 1.58. The molecule has 0 aliphatic rings. The predicted octanol–water partition coefficient (Wildman–Crippen LogP) is -1.81. The van der Waals surface area contributed by atoms with E-state index in [0.717, 1.165) is 4.20 Å². The summed E-state index contributed by atoms with van der Waals surface area (Å²) < 4.78 is 2.21. The molecular formula is CHN4S2-. The smallest absolute Gasteiger partial charge is 0.269 e. The fraction of sp³-hybridized carbons (Fsp3) is 0. The third kappa shape index (κ3) is 0.751. The van der Waals surface area contributed by atoms with Gasteiger partial charge in [0.25, 0.3) is 6.33 Å². The van der Waals surface area contributed by atoms with Crippen molar-refractivity contribution >= 4 is 25.6 Å². The van der Waals surface area contributed by atoms with Crippen LogP contribution in [0, 0.1) is 0 Å². The minimum atomic E-state index is 1.04. The third-order valence-electron chi connectivity index (χ3n) is 0.447. The molecule has 0 amide bonds. The minimum absolute atomic E-state index is 1.04. The van der Waals surface area contributed by atoms with Crippen LogP contribution in [0.25, 0.3) is 0 Å². The van der Waals surface area contributed by atoms with E-state index in [-0.39, 0.29) is 0 Å². The van der Waals surface area contributed by atoms with Gasteiger partial charge in [0.05, 0.1) is 5.10 Å². The maximum absolute atomic E-state index is 4.54. The van der Waals surface area contributed by atoms with Gasteiger partial charge in [0.2, 0.25) is 0 Å². The zero-order chi connectivity index (χ0) is 5.28. The molecule has 38 valence electrons. The Hall–Kier alpha value is -0.490. The normalized spacial score (nSPS) is 9.14. The van der Waals surface area contributed by atoms with Crippen LogP contribution in [-0.2, 0) is 25.6 Å². The molecular weight excluding hydrogens is 132 g/mol. The lowest BCUT2D eigenvalue weighted by molar-refractivity contribution is -0.575. The molecule has 1 rings (SSSR count). The van der Waals surface area contributed by atoms with Crippen LogP contribution >= 0.6 is 0 Å². The molecule has 0 saturated carbocycles. The van der Waals surface area contributed by atoms with Gasteiger partial charge in [-0.2, -0.15) is 4.20 Å². The topological polar surface area (TPSA) is 34.6 Å². The highest BCUT2D eigenvalue weighted by Crippen LogP contribution is 1.55. The molecule has 1 heterocycles. The fourth-order valence-corrected chi connectivity index (χ4v) is 0.354. The van der Waals surface area contributed by atoms with Gasteiger partial charge in [0.15, 0.2) is 5.21 Å². The first-order valence-corrected chi connectivity index (χ1v) is 2.21. The standard InChI is InChI=1S/CHN4S2/c6-4-1-2-3-5(4)7/h1H/q-1. The van der Waals surface area contributed by atoms with Crippen molar-refractivity contribution in [1.82, 2.24) is 14.5 Å². The molecule has 1 aromatic heterocycles. The first-order chi connectivity index (χ1) is 3.30. The number of aromatic nitrogens is 4. The molecule has 6 heteroatoms. The van der Waals surface area contributed by atoms with Gasteiger partial charge in [-0.25, -0.2) is 0 Å². The van der Waals surface area contributed by atoms with Crippen LogP contribution in [0.2, 0.25) is 0 Å². The van der Waals surface area contributed by atoms with Crippen LogP contribution in [0.4, 0.5) is 0 Å². The summed E-state index contributed by atoms with van der Waals surface area (Å²) in [5, 5.41) is 6.75. The molecule has 0 aliphatic carbocycles. The lowest BCUT2D eigenvalue weighted by Gasteiger charge is -2.04. The quantitative estimate of drug-likeness (QED) is 0.308. The van der Waals surface area contributed by atoms with E-state index in [2.05, 4.69) is 35.9 Å². The van der Waals surface area contributed by atoms with Crippen molar-refractivity contribution in [2.75, 3.05) is 0 Å². The molecule has 0 aromatic carbocycles. The highest BCUT2D eigenvalue weighted by atomic mass is 32.1. The Labute approximate surface area is 51.2 Å². The monoisotopic (exact) mass is 133 g/mol. The highest BCUT2D eigenvalue weighted by Gasteiger charge is 1.81. The van der Waals surface area contributed by atoms with E-state index in [1.807, 2.05) is 0 Å². The van der Waals surface area contributed by atoms with Crippen molar-refractivity contribution in [3.05, 3.63) is 6.33 Å². The Morgan fingerprint density at radius 2 is 2.43 bits per heavy atom. The molecule has 0 radical (unpaired) electrons. The van der Waals surface area contributed by atoms with Crippen molar-refractivity contribution in [2.24, 2.45) is 0 Å². The van der Waals surface area contributed by atoms with Crippen molar-refractivity contribution in [3.8, 4) is 0 Å². The van der Waals surface area contributed by atoms with E-state index in [0.29, 0.717) is 0 Å². The highest BCUT2D eigenvalue weighted by molar-refractivity contribution is 7.57. The average molecular weight is 133 g/mol. The molecule has 1 aromatic rings. The number of nitrogens with zero attached hydrogens (tertiary/aromatic N) is 4. The zero-order valence-electron chi connectivity index (χ0n) is 3.18. The second kappa shape index (κ2) is 1.55. The van der Waals surface area contributed by atoms with Gasteiger partial charge in [0.1, 0.15) is 0 Å².